The summed E-state index contributed by atoms with van der Waals surface area (Å²) < 4.78 is 23.4. The number of rotatable bonds is 7. The van der Waals surface area contributed by atoms with Crippen LogP contribution in [-0.4, -0.2) is 37.5 Å². The number of benzene rings is 2. The van der Waals surface area contributed by atoms with Crippen molar-refractivity contribution in [3.8, 4) is 11.5 Å². The van der Waals surface area contributed by atoms with Gasteiger partial charge in [-0.15, -0.1) is 0 Å². The Hall–Kier alpha value is -2.80. The number of nitrogens with one attached hydrogen (secondary N) is 1. The third kappa shape index (κ3) is 5.59. The van der Waals surface area contributed by atoms with Gasteiger partial charge in [-0.05, 0) is 17.7 Å². The number of amides is 2. The summed E-state index contributed by atoms with van der Waals surface area (Å²) in [6, 6.07) is 8.80. The molecule has 0 aliphatic rings. The van der Waals surface area contributed by atoms with E-state index in [9.17, 15) is 14.0 Å². The van der Waals surface area contributed by atoms with Crippen LogP contribution in [0.3, 0.4) is 0 Å². The maximum atomic E-state index is 13.0. The predicted molar refractivity (Wildman–Crippen MR) is 101 cm³/mol. The van der Waals surface area contributed by atoms with Crippen LogP contribution in [0.25, 0.3) is 0 Å². The highest BCUT2D eigenvalue weighted by atomic mass is 35.5. The Bertz CT molecular complexity index is 827. The Labute approximate surface area is 161 Å². The van der Waals surface area contributed by atoms with Gasteiger partial charge in [-0.25, -0.2) is 4.39 Å². The second kappa shape index (κ2) is 9.23. The number of carbonyl (C=O) groups is 2. The number of carbonyl (C=O) groups excluding carboxylic acids is 2. The maximum Gasteiger partial charge on any atom is 0.244 e. The molecule has 2 aromatic carbocycles. The maximum absolute atomic E-state index is 13.0. The highest BCUT2D eigenvalue weighted by Gasteiger charge is 2.17. The number of hydrogen-bond donors (Lipinski definition) is 1. The van der Waals surface area contributed by atoms with Crippen LogP contribution in [0.5, 0.6) is 11.5 Å². The SMILES string of the molecule is COc1cc(NC(=O)CN(Cc2ccc(F)cc2)C(C)=O)c(OC)cc1Cl. The van der Waals surface area contributed by atoms with Gasteiger partial charge in [-0.2, -0.15) is 0 Å². The molecule has 27 heavy (non-hydrogen) atoms. The van der Waals surface area contributed by atoms with E-state index in [-0.39, 0.29) is 24.8 Å². The minimum Gasteiger partial charge on any atom is -0.495 e. The van der Waals surface area contributed by atoms with Crippen LogP contribution < -0.4 is 14.8 Å². The summed E-state index contributed by atoms with van der Waals surface area (Å²) in [5.41, 5.74) is 1.08. The Morgan fingerprint density at radius 3 is 2.30 bits per heavy atom. The molecule has 0 aliphatic heterocycles. The molecule has 0 spiro atoms. The van der Waals surface area contributed by atoms with Gasteiger partial charge >= 0.3 is 0 Å². The highest BCUT2D eigenvalue weighted by molar-refractivity contribution is 6.32. The minimum atomic E-state index is -0.421. The summed E-state index contributed by atoms with van der Waals surface area (Å²) in [7, 11) is 2.91. The molecule has 6 nitrogen and oxygen atoms in total. The smallest absolute Gasteiger partial charge is 0.244 e. The van der Waals surface area contributed by atoms with E-state index in [0.717, 1.165) is 0 Å². The van der Waals surface area contributed by atoms with E-state index in [1.54, 1.807) is 12.1 Å². The van der Waals surface area contributed by atoms with Crippen molar-refractivity contribution in [3.05, 3.63) is 52.8 Å². The standard InChI is InChI=1S/C19H20ClFN2O4/c1-12(24)23(10-13-4-6-14(21)7-5-13)11-19(25)22-16-9-17(26-2)15(20)8-18(16)27-3/h4-9H,10-11H2,1-3H3,(H,22,25). The predicted octanol–water partition coefficient (Wildman–Crippen LogP) is 3.48. The zero-order valence-corrected chi connectivity index (χ0v) is 16.0. The summed E-state index contributed by atoms with van der Waals surface area (Å²) in [6.45, 7) is 1.37. The largest absolute Gasteiger partial charge is 0.495 e. The number of methoxy groups -OCH3 is 2. The Morgan fingerprint density at radius 1 is 1.11 bits per heavy atom. The van der Waals surface area contributed by atoms with E-state index in [1.165, 1.54) is 50.3 Å². The van der Waals surface area contributed by atoms with Gasteiger partial charge in [-0.3, -0.25) is 9.59 Å². The number of halogens is 2. The van der Waals surface area contributed by atoms with Crippen LogP contribution in [-0.2, 0) is 16.1 Å². The normalized spacial score (nSPS) is 10.3. The summed E-state index contributed by atoms with van der Waals surface area (Å²) >= 11 is 6.05. The second-order valence-electron chi connectivity index (χ2n) is 5.74. The third-order valence-corrected chi connectivity index (χ3v) is 4.11. The topological polar surface area (TPSA) is 67.9 Å². The highest BCUT2D eigenvalue weighted by Crippen LogP contribution is 2.35. The van der Waals surface area contributed by atoms with Crippen molar-refractivity contribution in [2.24, 2.45) is 0 Å². The van der Waals surface area contributed by atoms with Crippen LogP contribution in [0.2, 0.25) is 5.02 Å². The molecule has 0 aromatic heterocycles. The second-order valence-corrected chi connectivity index (χ2v) is 6.14. The van der Waals surface area contributed by atoms with Gasteiger partial charge in [0.25, 0.3) is 0 Å². The Kier molecular flexibility index (Phi) is 7.01. The van der Waals surface area contributed by atoms with Gasteiger partial charge in [0.15, 0.2) is 0 Å². The summed E-state index contributed by atoms with van der Waals surface area (Å²) in [5.74, 6) is -0.329. The molecule has 0 fully saturated rings. The third-order valence-electron chi connectivity index (χ3n) is 3.81. The van der Waals surface area contributed by atoms with Crippen molar-refractivity contribution in [2.45, 2.75) is 13.5 Å². The van der Waals surface area contributed by atoms with Gasteiger partial charge < -0.3 is 19.7 Å². The first-order chi connectivity index (χ1) is 12.8. The fourth-order valence-electron chi connectivity index (χ4n) is 2.41. The zero-order valence-electron chi connectivity index (χ0n) is 15.2. The van der Waals surface area contributed by atoms with Crippen molar-refractivity contribution in [1.82, 2.24) is 4.90 Å². The molecule has 8 heteroatoms. The molecule has 2 amide bonds. The van der Waals surface area contributed by atoms with E-state index < -0.39 is 5.91 Å². The monoisotopic (exact) mass is 394 g/mol. The van der Waals surface area contributed by atoms with Crippen LogP contribution >= 0.6 is 11.6 Å². The first-order valence-electron chi connectivity index (χ1n) is 8.05. The van der Waals surface area contributed by atoms with E-state index >= 15 is 0 Å². The van der Waals surface area contributed by atoms with Crippen molar-refractivity contribution < 1.29 is 23.5 Å². The van der Waals surface area contributed by atoms with Gasteiger partial charge in [-0.1, -0.05) is 23.7 Å². The van der Waals surface area contributed by atoms with Gasteiger partial charge in [0.2, 0.25) is 11.8 Å². The first kappa shape index (κ1) is 20.5. The van der Waals surface area contributed by atoms with Gasteiger partial charge in [0.1, 0.15) is 23.9 Å². The zero-order chi connectivity index (χ0) is 20.0. The Balaban J connectivity index is 2.12. The van der Waals surface area contributed by atoms with Crippen molar-refractivity contribution in [1.29, 1.82) is 0 Å². The van der Waals surface area contributed by atoms with Crippen LogP contribution in [0.1, 0.15) is 12.5 Å². The van der Waals surface area contributed by atoms with E-state index in [1.807, 2.05) is 0 Å². The molecule has 0 atom stereocenters. The molecule has 0 saturated carbocycles. The number of hydrogen-bond acceptors (Lipinski definition) is 4. The molecule has 0 heterocycles. The van der Waals surface area contributed by atoms with Crippen molar-refractivity contribution >= 4 is 29.1 Å². The molecule has 2 rings (SSSR count). The molecule has 1 N–H and O–H groups in total. The van der Waals surface area contributed by atoms with Crippen molar-refractivity contribution in [2.75, 3.05) is 26.1 Å². The lowest BCUT2D eigenvalue weighted by atomic mass is 10.2. The molecule has 0 saturated heterocycles. The van der Waals surface area contributed by atoms with Crippen molar-refractivity contribution in [3.63, 3.8) is 0 Å². The van der Waals surface area contributed by atoms with Gasteiger partial charge in [0.05, 0.1) is 24.9 Å². The molecule has 2 aromatic rings. The minimum absolute atomic E-state index is 0.180. The molecule has 0 unspecified atom stereocenters. The quantitative estimate of drug-likeness (QED) is 0.780. The number of anilines is 1. The summed E-state index contributed by atoms with van der Waals surface area (Å²) in [6.07, 6.45) is 0. The van der Waals surface area contributed by atoms with Crippen LogP contribution in [0, 0.1) is 5.82 Å². The van der Waals surface area contributed by atoms with Crippen LogP contribution in [0.4, 0.5) is 10.1 Å². The van der Waals surface area contributed by atoms with E-state index in [4.69, 9.17) is 21.1 Å². The lowest BCUT2D eigenvalue weighted by Gasteiger charge is -2.21. The molecule has 0 radical (unpaired) electrons. The average molecular weight is 395 g/mol. The number of nitrogens with zero attached hydrogens (tertiary/aromatic N) is 1. The molecule has 144 valence electrons. The summed E-state index contributed by atoms with van der Waals surface area (Å²) in [4.78, 5) is 25.7. The molecular formula is C19H20ClFN2O4. The lowest BCUT2D eigenvalue weighted by molar-refractivity contribution is -0.133. The van der Waals surface area contributed by atoms with Crippen LogP contribution in [0.15, 0.2) is 36.4 Å². The number of ether oxygens (including phenoxy) is 2. The van der Waals surface area contributed by atoms with E-state index in [0.29, 0.717) is 27.8 Å². The fourth-order valence-corrected chi connectivity index (χ4v) is 2.64. The molecule has 0 aliphatic carbocycles. The first-order valence-corrected chi connectivity index (χ1v) is 8.43. The van der Waals surface area contributed by atoms with Gasteiger partial charge in [0, 0.05) is 25.6 Å². The average Bonchev–Trinajstić information content (AvgIpc) is 2.63. The Morgan fingerprint density at radius 2 is 1.74 bits per heavy atom. The van der Waals surface area contributed by atoms with E-state index in [2.05, 4.69) is 5.32 Å². The lowest BCUT2D eigenvalue weighted by Crippen LogP contribution is -2.36. The fraction of sp³-hybridized carbons (Fsp3) is 0.263. The molecular weight excluding hydrogens is 375 g/mol. The summed E-state index contributed by atoms with van der Waals surface area (Å²) in [5, 5.41) is 3.03. The molecule has 0 bridgehead atoms.